The first kappa shape index (κ1) is 29.7. The van der Waals surface area contributed by atoms with Gasteiger partial charge in [-0.1, -0.05) is 52.9 Å². The van der Waals surface area contributed by atoms with Gasteiger partial charge in [0.1, 0.15) is 11.6 Å². The second-order valence-corrected chi connectivity index (χ2v) is 11.3. The van der Waals surface area contributed by atoms with Crippen molar-refractivity contribution in [3.8, 4) is 11.5 Å². The van der Waals surface area contributed by atoms with Gasteiger partial charge < -0.3 is 14.8 Å². The van der Waals surface area contributed by atoms with Gasteiger partial charge in [-0.15, -0.1) is 0 Å². The first-order valence-electron chi connectivity index (χ1n) is 13.7. The predicted molar refractivity (Wildman–Crippen MR) is 166 cm³/mol. The van der Waals surface area contributed by atoms with Gasteiger partial charge in [0.15, 0.2) is 18.1 Å². The van der Waals surface area contributed by atoms with Crippen LogP contribution in [0, 0.1) is 5.82 Å². The quantitative estimate of drug-likeness (QED) is 0.191. The second kappa shape index (κ2) is 13.5. The minimum absolute atomic E-state index is 0.133. The summed E-state index contributed by atoms with van der Waals surface area (Å²) in [6.45, 7) is 1.75. The fraction of sp³-hybridized carbons (Fsp3) is 0.290. The van der Waals surface area contributed by atoms with Gasteiger partial charge in [-0.05, 0) is 73.9 Å². The molecule has 1 aliphatic carbocycles. The summed E-state index contributed by atoms with van der Waals surface area (Å²) in [5.41, 5.74) is 1.26. The van der Waals surface area contributed by atoms with Crippen molar-refractivity contribution >= 4 is 56.2 Å². The lowest BCUT2D eigenvalue weighted by atomic mass is 9.88. The van der Waals surface area contributed by atoms with Crippen molar-refractivity contribution in [1.82, 2.24) is 9.66 Å². The van der Waals surface area contributed by atoms with E-state index in [1.807, 2.05) is 19.1 Å². The zero-order valence-electron chi connectivity index (χ0n) is 22.9. The van der Waals surface area contributed by atoms with Crippen molar-refractivity contribution in [1.29, 1.82) is 0 Å². The maximum Gasteiger partial charge on any atom is 0.282 e. The van der Waals surface area contributed by atoms with Crippen molar-refractivity contribution in [2.75, 3.05) is 18.5 Å². The number of anilines is 1. The van der Waals surface area contributed by atoms with E-state index in [0.29, 0.717) is 40.3 Å². The molecule has 218 valence electrons. The predicted octanol–water partition coefficient (Wildman–Crippen LogP) is 7.30. The van der Waals surface area contributed by atoms with E-state index in [4.69, 9.17) is 26.1 Å². The lowest BCUT2D eigenvalue weighted by Crippen LogP contribution is -2.25. The maximum absolute atomic E-state index is 13.6. The lowest BCUT2D eigenvalue weighted by molar-refractivity contribution is -0.118. The molecule has 1 aromatic heterocycles. The summed E-state index contributed by atoms with van der Waals surface area (Å²) in [5.74, 6) is 0.315. The monoisotopic (exact) mass is 654 g/mol. The average Bonchev–Trinajstić information content (AvgIpc) is 2.97. The van der Waals surface area contributed by atoms with E-state index in [1.165, 1.54) is 35.5 Å². The molecule has 42 heavy (non-hydrogen) atoms. The van der Waals surface area contributed by atoms with Crippen molar-refractivity contribution in [3.63, 3.8) is 0 Å². The first-order valence-corrected chi connectivity index (χ1v) is 14.9. The van der Waals surface area contributed by atoms with Gasteiger partial charge in [0.25, 0.3) is 11.5 Å². The number of nitrogens with one attached hydrogen (secondary N) is 1. The number of halogens is 3. The summed E-state index contributed by atoms with van der Waals surface area (Å²) in [6, 6.07) is 14.3. The molecule has 0 bridgehead atoms. The molecule has 11 heteroatoms. The van der Waals surface area contributed by atoms with E-state index in [0.717, 1.165) is 30.2 Å². The van der Waals surface area contributed by atoms with Crippen LogP contribution in [0.2, 0.25) is 5.02 Å². The number of hydrogen-bond donors (Lipinski definition) is 1. The Morgan fingerprint density at radius 1 is 1.17 bits per heavy atom. The van der Waals surface area contributed by atoms with Crippen molar-refractivity contribution in [3.05, 3.63) is 91.7 Å². The van der Waals surface area contributed by atoms with Crippen LogP contribution in [0.1, 0.15) is 56.3 Å². The molecule has 1 amide bonds. The number of carbonyl (C=O) groups excluding carboxylic acids is 1. The third-order valence-corrected chi connectivity index (χ3v) is 7.69. The van der Waals surface area contributed by atoms with Gasteiger partial charge in [0, 0.05) is 16.1 Å². The lowest BCUT2D eigenvalue weighted by Gasteiger charge is -2.22. The van der Waals surface area contributed by atoms with E-state index in [1.54, 1.807) is 24.3 Å². The zero-order valence-corrected chi connectivity index (χ0v) is 25.3. The molecular formula is C31H29BrClFN4O4. The largest absolute Gasteiger partial charge is 0.490 e. The molecule has 0 atom stereocenters. The Balaban J connectivity index is 1.43. The molecule has 0 aliphatic heterocycles. The highest BCUT2D eigenvalue weighted by atomic mass is 79.9. The number of nitrogens with zero attached hydrogens (tertiary/aromatic N) is 3. The SMILES string of the molecule is CCOc1cc(C=Nn2c(C3CCCCC3)nc3ccc(Br)cc3c2=O)cc(Cl)c1OCC(=O)Nc1cccc(F)c1. The molecule has 1 aliphatic rings. The van der Waals surface area contributed by atoms with Crippen molar-refractivity contribution in [2.45, 2.75) is 44.9 Å². The van der Waals surface area contributed by atoms with Crippen LogP contribution >= 0.6 is 27.5 Å². The fourth-order valence-electron chi connectivity index (χ4n) is 4.99. The Kier molecular flexibility index (Phi) is 9.54. The number of carbonyl (C=O) groups is 1. The topological polar surface area (TPSA) is 94.8 Å². The normalized spacial score (nSPS) is 13.9. The van der Waals surface area contributed by atoms with Gasteiger partial charge in [-0.2, -0.15) is 9.78 Å². The number of amides is 1. The van der Waals surface area contributed by atoms with E-state index in [-0.39, 0.29) is 28.9 Å². The Labute approximate surface area is 255 Å². The third-order valence-electron chi connectivity index (χ3n) is 6.91. The zero-order chi connectivity index (χ0) is 29.6. The molecule has 3 aromatic carbocycles. The first-order chi connectivity index (χ1) is 20.3. The number of fused-ring (bicyclic) bond motifs is 1. The Hall–Kier alpha value is -3.76. The summed E-state index contributed by atoms with van der Waals surface area (Å²) >= 11 is 10.0. The number of ether oxygens (including phenoxy) is 2. The molecule has 0 saturated heterocycles. The fourth-order valence-corrected chi connectivity index (χ4v) is 5.63. The molecule has 0 spiro atoms. The standard InChI is InChI=1S/C31H29BrClFN4O4/c1-2-41-27-14-19(13-25(33)29(27)42-18-28(39)36-23-10-6-9-22(34)16-23)17-35-38-30(20-7-4-3-5-8-20)37-26-12-11-21(32)15-24(26)31(38)40/h6,9-17,20H,2-5,7-8,18H2,1H3,(H,36,39). The molecule has 0 radical (unpaired) electrons. The number of rotatable bonds is 9. The molecule has 4 aromatic rings. The summed E-state index contributed by atoms with van der Waals surface area (Å²) in [7, 11) is 0. The summed E-state index contributed by atoms with van der Waals surface area (Å²) in [5, 5.41) is 7.82. The van der Waals surface area contributed by atoms with Crippen LogP contribution in [-0.4, -0.2) is 35.0 Å². The maximum atomic E-state index is 13.6. The van der Waals surface area contributed by atoms with Crippen molar-refractivity contribution in [2.24, 2.45) is 5.10 Å². The van der Waals surface area contributed by atoms with Gasteiger partial charge in [-0.25, -0.2) is 9.37 Å². The molecule has 1 fully saturated rings. The third kappa shape index (κ3) is 6.99. The summed E-state index contributed by atoms with van der Waals surface area (Å²) in [6.07, 6.45) is 6.76. The van der Waals surface area contributed by atoms with Gasteiger partial charge in [0.2, 0.25) is 0 Å². The summed E-state index contributed by atoms with van der Waals surface area (Å²) in [4.78, 5) is 30.9. The van der Waals surface area contributed by atoms with Gasteiger partial charge in [0.05, 0.1) is 28.7 Å². The molecule has 1 saturated carbocycles. The Morgan fingerprint density at radius 2 is 1.98 bits per heavy atom. The number of benzene rings is 3. The van der Waals surface area contributed by atoms with Gasteiger partial charge >= 0.3 is 0 Å². The molecular weight excluding hydrogens is 627 g/mol. The molecule has 1 heterocycles. The van der Waals surface area contributed by atoms with Crippen LogP contribution in [0.15, 0.2) is 69.0 Å². The molecule has 0 unspecified atom stereocenters. The molecule has 5 rings (SSSR count). The van der Waals surface area contributed by atoms with E-state index < -0.39 is 11.7 Å². The molecule has 8 nitrogen and oxygen atoms in total. The Morgan fingerprint density at radius 3 is 2.74 bits per heavy atom. The van der Waals surface area contributed by atoms with Gasteiger partial charge in [-0.3, -0.25) is 9.59 Å². The van der Waals surface area contributed by atoms with Crippen LogP contribution in [0.4, 0.5) is 10.1 Å². The van der Waals surface area contributed by atoms with Crippen LogP contribution in [0.3, 0.4) is 0 Å². The minimum Gasteiger partial charge on any atom is -0.490 e. The van der Waals surface area contributed by atoms with Crippen LogP contribution < -0.4 is 20.3 Å². The molecule has 1 N–H and O–H groups in total. The van der Waals surface area contributed by atoms with Crippen LogP contribution in [0.25, 0.3) is 10.9 Å². The van der Waals surface area contributed by atoms with Crippen LogP contribution in [-0.2, 0) is 4.79 Å². The number of hydrogen-bond acceptors (Lipinski definition) is 6. The Bertz CT molecular complexity index is 1700. The highest BCUT2D eigenvalue weighted by Gasteiger charge is 2.23. The van der Waals surface area contributed by atoms with E-state index in [9.17, 15) is 14.0 Å². The summed E-state index contributed by atoms with van der Waals surface area (Å²) < 4.78 is 27.1. The average molecular weight is 656 g/mol. The van der Waals surface area contributed by atoms with Crippen molar-refractivity contribution < 1.29 is 18.7 Å². The van der Waals surface area contributed by atoms with E-state index in [2.05, 4.69) is 26.3 Å². The highest BCUT2D eigenvalue weighted by molar-refractivity contribution is 9.10. The van der Waals surface area contributed by atoms with Crippen LogP contribution in [0.5, 0.6) is 11.5 Å². The minimum atomic E-state index is -0.491. The second-order valence-electron chi connectivity index (χ2n) is 9.94. The highest BCUT2D eigenvalue weighted by Crippen LogP contribution is 2.37. The van der Waals surface area contributed by atoms with E-state index >= 15 is 0 Å². The smallest absolute Gasteiger partial charge is 0.282 e. The number of aromatic nitrogens is 2.